The third kappa shape index (κ3) is 52.8. The molecule has 384 valence electrons. The van der Waals surface area contributed by atoms with Crippen molar-refractivity contribution in [1.82, 2.24) is 0 Å². The van der Waals surface area contributed by atoms with Crippen LogP contribution in [-0.4, -0.2) is 37.2 Å². The summed E-state index contributed by atoms with van der Waals surface area (Å²) in [4.78, 5) is 38.1. The Morgan fingerprint density at radius 1 is 0.309 bits per heavy atom. The zero-order chi connectivity index (χ0) is 49.3. The average molecular weight is 941 g/mol. The van der Waals surface area contributed by atoms with Crippen LogP contribution in [0.1, 0.15) is 233 Å². The summed E-state index contributed by atoms with van der Waals surface area (Å²) in [6.07, 6.45) is 76.2. The Morgan fingerprint density at radius 3 is 1.00 bits per heavy atom. The van der Waals surface area contributed by atoms with E-state index in [1.807, 2.05) is 54.7 Å². The first-order valence-electron chi connectivity index (χ1n) is 27.7. The molecular formula is C62H100O6. The summed E-state index contributed by atoms with van der Waals surface area (Å²) in [7, 11) is 0. The summed E-state index contributed by atoms with van der Waals surface area (Å²) in [5, 5.41) is 0. The number of allylic oxidation sites excluding steroid dienone is 20. The highest BCUT2D eigenvalue weighted by molar-refractivity contribution is 5.71. The molecule has 6 heteroatoms. The van der Waals surface area contributed by atoms with Gasteiger partial charge in [0.05, 0.1) is 0 Å². The van der Waals surface area contributed by atoms with E-state index in [2.05, 4.69) is 87.6 Å². The van der Waals surface area contributed by atoms with Crippen LogP contribution in [0.25, 0.3) is 0 Å². The molecule has 0 bridgehead atoms. The molecule has 6 nitrogen and oxygen atoms in total. The van der Waals surface area contributed by atoms with E-state index >= 15 is 0 Å². The highest BCUT2D eigenvalue weighted by atomic mass is 16.6. The van der Waals surface area contributed by atoms with Gasteiger partial charge in [0.1, 0.15) is 13.2 Å². The number of carbonyl (C=O) groups excluding carboxylic acids is 3. The molecule has 0 aromatic carbocycles. The van der Waals surface area contributed by atoms with E-state index < -0.39 is 6.10 Å². The Morgan fingerprint density at radius 2 is 0.588 bits per heavy atom. The van der Waals surface area contributed by atoms with E-state index in [0.29, 0.717) is 12.8 Å². The van der Waals surface area contributed by atoms with Gasteiger partial charge < -0.3 is 14.2 Å². The van der Waals surface area contributed by atoms with E-state index in [4.69, 9.17) is 14.2 Å². The molecule has 1 atom stereocenters. The van der Waals surface area contributed by atoms with Crippen molar-refractivity contribution < 1.29 is 28.6 Å². The fourth-order valence-electron chi connectivity index (χ4n) is 7.23. The molecule has 1 unspecified atom stereocenters. The van der Waals surface area contributed by atoms with E-state index in [9.17, 15) is 14.4 Å². The maximum absolute atomic E-state index is 12.8. The van der Waals surface area contributed by atoms with Gasteiger partial charge in [-0.15, -0.1) is 0 Å². The molecule has 0 aliphatic heterocycles. The summed E-state index contributed by atoms with van der Waals surface area (Å²) in [5.41, 5.74) is 0. The Balaban J connectivity index is 4.50. The van der Waals surface area contributed by atoms with Crippen LogP contribution in [0, 0.1) is 0 Å². The topological polar surface area (TPSA) is 78.9 Å². The number of esters is 3. The zero-order valence-electron chi connectivity index (χ0n) is 43.8. The van der Waals surface area contributed by atoms with E-state index in [1.54, 1.807) is 0 Å². The predicted molar refractivity (Wildman–Crippen MR) is 293 cm³/mol. The summed E-state index contributed by atoms with van der Waals surface area (Å²) < 4.78 is 16.7. The second kappa shape index (κ2) is 55.4. The fraction of sp³-hybridized carbons (Fsp3) is 0.629. The van der Waals surface area contributed by atoms with Gasteiger partial charge in [-0.3, -0.25) is 14.4 Å². The molecule has 0 aromatic rings. The Hall–Kier alpha value is -4.19. The number of hydrogen-bond acceptors (Lipinski definition) is 6. The molecule has 0 aliphatic rings. The van der Waals surface area contributed by atoms with E-state index in [1.165, 1.54) is 109 Å². The van der Waals surface area contributed by atoms with Crippen LogP contribution in [-0.2, 0) is 28.6 Å². The van der Waals surface area contributed by atoms with Gasteiger partial charge >= 0.3 is 17.9 Å². The first kappa shape index (κ1) is 63.8. The molecule has 0 amide bonds. The van der Waals surface area contributed by atoms with Gasteiger partial charge in [0.2, 0.25) is 0 Å². The summed E-state index contributed by atoms with van der Waals surface area (Å²) in [5.74, 6) is -1.02. The molecule has 0 aromatic heterocycles. The number of ether oxygens (including phenoxy) is 3. The molecule has 0 rings (SSSR count). The number of unbranched alkanes of at least 4 members (excludes halogenated alkanes) is 24. The summed E-state index contributed by atoms with van der Waals surface area (Å²) in [6.45, 7) is 6.36. The predicted octanol–water partition coefficient (Wildman–Crippen LogP) is 18.5. The van der Waals surface area contributed by atoms with Gasteiger partial charge in [0, 0.05) is 19.3 Å². The minimum Gasteiger partial charge on any atom is -0.462 e. The average Bonchev–Trinajstić information content (AvgIpc) is 3.34. The highest BCUT2D eigenvalue weighted by Crippen LogP contribution is 2.14. The van der Waals surface area contributed by atoms with Gasteiger partial charge in [0.15, 0.2) is 6.10 Å². The van der Waals surface area contributed by atoms with Gasteiger partial charge in [-0.25, -0.2) is 0 Å². The standard InChI is InChI=1S/C62H100O6/c1-4-7-10-13-16-19-22-25-27-29-31-33-34-37-40-43-46-49-52-55-61(64)67-58-59(57-66-60(63)54-51-48-45-42-39-36-24-21-18-15-12-9-6-3)68-62(65)56-53-50-47-44-41-38-35-32-30-28-26-23-20-17-14-11-8-5-2/h9,12,15-16,18-19,21-26,28,30,32,35-36,39,42,45,59H,4-8,10-11,13-14,17,20,27,29,31,33-34,37-38,40-41,43-44,46-58H2,1-3H3/b12-9+,18-15+,19-16+,24-21+,25-22+,26-23+,30-28+,35-32+,39-36+,45-42+. The summed E-state index contributed by atoms with van der Waals surface area (Å²) in [6, 6.07) is 0. The van der Waals surface area contributed by atoms with Gasteiger partial charge in [-0.05, 0) is 83.5 Å². The minimum absolute atomic E-state index is 0.114. The number of carbonyl (C=O) groups is 3. The Labute approximate surface area is 418 Å². The van der Waals surface area contributed by atoms with Crippen LogP contribution >= 0.6 is 0 Å². The van der Waals surface area contributed by atoms with Crippen molar-refractivity contribution in [2.45, 2.75) is 239 Å². The van der Waals surface area contributed by atoms with Crippen LogP contribution in [0.5, 0.6) is 0 Å². The molecule has 68 heavy (non-hydrogen) atoms. The number of hydrogen-bond donors (Lipinski definition) is 0. The molecule has 0 saturated heterocycles. The van der Waals surface area contributed by atoms with Crippen molar-refractivity contribution in [3.8, 4) is 0 Å². The third-order valence-electron chi connectivity index (χ3n) is 11.4. The summed E-state index contributed by atoms with van der Waals surface area (Å²) >= 11 is 0. The Kier molecular flexibility index (Phi) is 52.0. The van der Waals surface area contributed by atoms with Gasteiger partial charge in [0.25, 0.3) is 0 Å². The van der Waals surface area contributed by atoms with Crippen LogP contribution in [0.3, 0.4) is 0 Å². The van der Waals surface area contributed by atoms with E-state index in [-0.39, 0.29) is 44.0 Å². The monoisotopic (exact) mass is 941 g/mol. The Bertz CT molecular complexity index is 1450. The molecule has 0 N–H and O–H groups in total. The van der Waals surface area contributed by atoms with Crippen molar-refractivity contribution in [3.63, 3.8) is 0 Å². The molecule has 0 heterocycles. The van der Waals surface area contributed by atoms with Crippen molar-refractivity contribution in [1.29, 1.82) is 0 Å². The second-order valence-electron chi connectivity index (χ2n) is 18.0. The zero-order valence-corrected chi connectivity index (χ0v) is 43.8. The minimum atomic E-state index is -0.823. The molecule has 0 fully saturated rings. The maximum atomic E-state index is 12.8. The molecule has 0 radical (unpaired) electrons. The van der Waals surface area contributed by atoms with Crippen molar-refractivity contribution in [2.24, 2.45) is 0 Å². The quantitative estimate of drug-likeness (QED) is 0.0262. The number of rotatable bonds is 48. The molecule has 0 aliphatic carbocycles. The van der Waals surface area contributed by atoms with Gasteiger partial charge in [-0.2, -0.15) is 0 Å². The molecule has 0 saturated carbocycles. The largest absolute Gasteiger partial charge is 0.462 e. The molecular weight excluding hydrogens is 841 g/mol. The fourth-order valence-corrected chi connectivity index (χ4v) is 7.23. The SMILES string of the molecule is CC/C=C/C=C/C=C/C=C/C=C/CCCC(=O)OCC(COC(=O)CCCCCCCCCCCC/C=C/C=C/CCCCC)OC(=O)CCCCCCC/C=C/C=C/C=C/CCCCCCC. The van der Waals surface area contributed by atoms with Crippen LogP contribution in [0.15, 0.2) is 122 Å². The normalized spacial score (nSPS) is 13.0. The van der Waals surface area contributed by atoms with E-state index in [0.717, 1.165) is 77.0 Å². The van der Waals surface area contributed by atoms with Crippen LogP contribution < -0.4 is 0 Å². The van der Waals surface area contributed by atoms with Crippen LogP contribution in [0.2, 0.25) is 0 Å². The second-order valence-corrected chi connectivity index (χ2v) is 18.0. The lowest BCUT2D eigenvalue weighted by atomic mass is 10.1. The van der Waals surface area contributed by atoms with Crippen LogP contribution in [0.4, 0.5) is 0 Å². The lowest BCUT2D eigenvalue weighted by Crippen LogP contribution is -2.30. The first-order valence-corrected chi connectivity index (χ1v) is 27.7. The molecule has 0 spiro atoms. The lowest BCUT2D eigenvalue weighted by Gasteiger charge is -2.18. The third-order valence-corrected chi connectivity index (χ3v) is 11.4. The maximum Gasteiger partial charge on any atom is 0.306 e. The van der Waals surface area contributed by atoms with Crippen molar-refractivity contribution in [3.05, 3.63) is 122 Å². The first-order chi connectivity index (χ1) is 33.5. The van der Waals surface area contributed by atoms with Crippen molar-refractivity contribution in [2.75, 3.05) is 13.2 Å². The van der Waals surface area contributed by atoms with Gasteiger partial charge in [-0.1, -0.05) is 251 Å². The smallest absolute Gasteiger partial charge is 0.306 e. The lowest BCUT2D eigenvalue weighted by molar-refractivity contribution is -0.167. The van der Waals surface area contributed by atoms with Crippen molar-refractivity contribution >= 4 is 17.9 Å². The highest BCUT2D eigenvalue weighted by Gasteiger charge is 2.19.